The Hall–Kier alpha value is -2.10. The van der Waals surface area contributed by atoms with Crippen molar-refractivity contribution < 1.29 is 19.0 Å². The van der Waals surface area contributed by atoms with E-state index in [1.807, 2.05) is 19.1 Å². The van der Waals surface area contributed by atoms with Crippen LogP contribution in [0.5, 0.6) is 11.5 Å². The molecule has 2 heterocycles. The average Bonchev–Trinajstić information content (AvgIpc) is 3.28. The Labute approximate surface area is 215 Å². The minimum absolute atomic E-state index is 0. The molecular formula is C24H29Cl2N3O4S. The van der Waals surface area contributed by atoms with Gasteiger partial charge in [-0.3, -0.25) is 14.6 Å². The first kappa shape index (κ1) is 26.5. The lowest BCUT2D eigenvalue weighted by atomic mass is 10.1. The van der Waals surface area contributed by atoms with Crippen LogP contribution in [0.2, 0.25) is 5.02 Å². The first-order valence-electron chi connectivity index (χ1n) is 10.9. The van der Waals surface area contributed by atoms with Gasteiger partial charge >= 0.3 is 0 Å². The van der Waals surface area contributed by atoms with E-state index in [4.69, 9.17) is 30.8 Å². The molecule has 2 aromatic carbocycles. The number of halogens is 2. The predicted molar refractivity (Wildman–Crippen MR) is 140 cm³/mol. The molecule has 10 heteroatoms. The number of amides is 1. The van der Waals surface area contributed by atoms with Crippen LogP contribution < -0.4 is 14.4 Å². The van der Waals surface area contributed by atoms with Gasteiger partial charge in [0, 0.05) is 31.2 Å². The third kappa shape index (κ3) is 5.75. The Morgan fingerprint density at radius 1 is 1.18 bits per heavy atom. The number of hydrogen-bond donors (Lipinski definition) is 0. The number of ether oxygens (including phenoxy) is 3. The summed E-state index contributed by atoms with van der Waals surface area (Å²) in [7, 11) is 3.18. The van der Waals surface area contributed by atoms with Gasteiger partial charge in [0.05, 0.1) is 37.7 Å². The van der Waals surface area contributed by atoms with Gasteiger partial charge < -0.3 is 14.2 Å². The van der Waals surface area contributed by atoms with E-state index < -0.39 is 0 Å². The van der Waals surface area contributed by atoms with Crippen molar-refractivity contribution in [3.05, 3.63) is 46.5 Å². The highest BCUT2D eigenvalue weighted by molar-refractivity contribution is 7.22. The largest absolute Gasteiger partial charge is 0.496 e. The minimum Gasteiger partial charge on any atom is -0.496 e. The minimum atomic E-state index is -0.188. The molecule has 0 N–H and O–H groups in total. The van der Waals surface area contributed by atoms with E-state index in [1.165, 1.54) is 11.3 Å². The maximum absolute atomic E-state index is 13.8. The van der Waals surface area contributed by atoms with Crippen LogP contribution in [0.4, 0.5) is 5.13 Å². The Bertz CT molecular complexity index is 1130. The molecule has 1 aliphatic rings. The molecule has 3 aromatic rings. The van der Waals surface area contributed by atoms with Gasteiger partial charge in [-0.25, -0.2) is 4.98 Å². The zero-order chi connectivity index (χ0) is 23.4. The van der Waals surface area contributed by atoms with Gasteiger partial charge in [-0.15, -0.1) is 12.4 Å². The SMILES string of the molecule is COc1ccc(Cl)cc1C(=O)N(CCCN1CCOCC1)c1nc2c(OC)ccc(C)c2s1.Cl. The van der Waals surface area contributed by atoms with Crippen LogP contribution in [0, 0.1) is 6.92 Å². The molecule has 1 aromatic heterocycles. The van der Waals surface area contributed by atoms with Crippen molar-refractivity contribution in [3.63, 3.8) is 0 Å². The summed E-state index contributed by atoms with van der Waals surface area (Å²) in [4.78, 5) is 22.7. The van der Waals surface area contributed by atoms with Crippen molar-refractivity contribution in [2.75, 3.05) is 58.5 Å². The van der Waals surface area contributed by atoms with E-state index in [0.29, 0.717) is 33.8 Å². The number of carbonyl (C=O) groups excluding carboxylic acids is 1. The molecule has 0 aliphatic carbocycles. The fourth-order valence-corrected chi connectivity index (χ4v) is 5.18. The number of fused-ring (bicyclic) bond motifs is 1. The van der Waals surface area contributed by atoms with Gasteiger partial charge in [-0.05, 0) is 43.2 Å². The fourth-order valence-electron chi connectivity index (χ4n) is 3.93. The lowest BCUT2D eigenvalue weighted by molar-refractivity contribution is 0.0376. The molecule has 0 saturated carbocycles. The van der Waals surface area contributed by atoms with E-state index in [-0.39, 0.29) is 18.3 Å². The third-order valence-corrected chi connectivity index (χ3v) is 7.19. The monoisotopic (exact) mass is 525 g/mol. The lowest BCUT2D eigenvalue weighted by Gasteiger charge is -2.28. The smallest absolute Gasteiger partial charge is 0.263 e. The van der Waals surface area contributed by atoms with Crippen LogP contribution >= 0.6 is 35.3 Å². The highest BCUT2D eigenvalue weighted by atomic mass is 35.5. The molecule has 0 unspecified atom stereocenters. The van der Waals surface area contributed by atoms with Gasteiger partial charge in [0.1, 0.15) is 17.0 Å². The molecule has 0 bridgehead atoms. The number of hydrogen-bond acceptors (Lipinski definition) is 7. The maximum atomic E-state index is 13.8. The van der Waals surface area contributed by atoms with Crippen LogP contribution in [0.25, 0.3) is 10.2 Å². The van der Waals surface area contributed by atoms with Gasteiger partial charge in [-0.1, -0.05) is 29.0 Å². The predicted octanol–water partition coefficient (Wildman–Crippen LogP) is 5.07. The molecule has 1 aliphatic heterocycles. The van der Waals surface area contributed by atoms with Crippen molar-refractivity contribution in [2.45, 2.75) is 13.3 Å². The van der Waals surface area contributed by atoms with Crippen molar-refractivity contribution >= 4 is 56.6 Å². The molecule has 184 valence electrons. The number of methoxy groups -OCH3 is 2. The molecule has 1 amide bonds. The molecule has 1 fully saturated rings. The summed E-state index contributed by atoms with van der Waals surface area (Å²) in [6.07, 6.45) is 0.806. The number of aryl methyl sites for hydroxylation is 1. The summed E-state index contributed by atoms with van der Waals surface area (Å²) in [6.45, 7) is 6.76. The van der Waals surface area contributed by atoms with Gasteiger partial charge in [-0.2, -0.15) is 0 Å². The summed E-state index contributed by atoms with van der Waals surface area (Å²) in [5, 5.41) is 1.11. The normalized spacial score (nSPS) is 14.0. The van der Waals surface area contributed by atoms with E-state index in [1.54, 1.807) is 37.3 Å². The summed E-state index contributed by atoms with van der Waals surface area (Å²) in [5.74, 6) is 0.989. The number of anilines is 1. The first-order chi connectivity index (χ1) is 16.0. The Morgan fingerprint density at radius 3 is 2.59 bits per heavy atom. The molecular weight excluding hydrogens is 497 g/mol. The van der Waals surface area contributed by atoms with Crippen molar-refractivity contribution in [1.29, 1.82) is 0 Å². The summed E-state index contributed by atoms with van der Waals surface area (Å²) in [6, 6.07) is 9.00. The highest BCUT2D eigenvalue weighted by Crippen LogP contribution is 2.37. The van der Waals surface area contributed by atoms with E-state index >= 15 is 0 Å². The summed E-state index contributed by atoms with van der Waals surface area (Å²) < 4.78 is 17.4. The standard InChI is InChI=1S/C24H28ClN3O4S.ClH/c1-16-5-7-20(31-3)21-22(16)33-24(26-21)28(10-4-9-27-11-13-32-14-12-27)23(29)18-15-17(25)6-8-19(18)30-2;/h5-8,15H,4,9-14H2,1-3H3;1H. The zero-order valence-electron chi connectivity index (χ0n) is 19.5. The molecule has 0 spiro atoms. The van der Waals surface area contributed by atoms with Crippen LogP contribution in [-0.2, 0) is 4.74 Å². The van der Waals surface area contributed by atoms with Crippen LogP contribution in [0.15, 0.2) is 30.3 Å². The molecule has 1 saturated heterocycles. The van der Waals surface area contributed by atoms with Gasteiger partial charge in [0.25, 0.3) is 5.91 Å². The Morgan fingerprint density at radius 2 is 1.88 bits per heavy atom. The number of aromatic nitrogens is 1. The second kappa shape index (κ2) is 12.0. The molecule has 0 atom stereocenters. The van der Waals surface area contributed by atoms with Crippen LogP contribution in [0.3, 0.4) is 0 Å². The number of morpholine rings is 1. The second-order valence-electron chi connectivity index (χ2n) is 7.87. The van der Waals surface area contributed by atoms with Crippen LogP contribution in [-0.4, -0.2) is 69.4 Å². The number of thiazole rings is 1. The first-order valence-corrected chi connectivity index (χ1v) is 12.1. The quantitative estimate of drug-likeness (QED) is 0.409. The molecule has 0 radical (unpaired) electrons. The second-order valence-corrected chi connectivity index (χ2v) is 9.28. The van der Waals surface area contributed by atoms with Crippen molar-refractivity contribution in [1.82, 2.24) is 9.88 Å². The van der Waals surface area contributed by atoms with Gasteiger partial charge in [0.2, 0.25) is 0 Å². The molecule has 7 nitrogen and oxygen atoms in total. The Balaban J connectivity index is 0.00000324. The van der Waals surface area contributed by atoms with E-state index in [9.17, 15) is 4.79 Å². The molecule has 4 rings (SSSR count). The average molecular weight is 526 g/mol. The molecule has 34 heavy (non-hydrogen) atoms. The van der Waals surface area contributed by atoms with Crippen molar-refractivity contribution in [2.24, 2.45) is 0 Å². The Kier molecular flexibility index (Phi) is 9.39. The summed E-state index contributed by atoms with van der Waals surface area (Å²) in [5.41, 5.74) is 2.27. The lowest BCUT2D eigenvalue weighted by Crippen LogP contribution is -2.39. The van der Waals surface area contributed by atoms with E-state index in [0.717, 1.165) is 55.0 Å². The number of carbonyl (C=O) groups is 1. The number of nitrogens with zero attached hydrogens (tertiary/aromatic N) is 3. The van der Waals surface area contributed by atoms with Crippen molar-refractivity contribution in [3.8, 4) is 11.5 Å². The summed E-state index contributed by atoms with van der Waals surface area (Å²) >= 11 is 7.72. The van der Waals surface area contributed by atoms with E-state index in [2.05, 4.69) is 4.90 Å². The zero-order valence-corrected chi connectivity index (χ0v) is 21.9. The number of rotatable bonds is 8. The maximum Gasteiger partial charge on any atom is 0.263 e. The van der Waals surface area contributed by atoms with Gasteiger partial charge in [0.15, 0.2) is 5.13 Å². The third-order valence-electron chi connectivity index (χ3n) is 5.74. The highest BCUT2D eigenvalue weighted by Gasteiger charge is 2.25. The van der Waals surface area contributed by atoms with Crippen LogP contribution in [0.1, 0.15) is 22.3 Å². The fraction of sp³-hybridized carbons (Fsp3) is 0.417. The topological polar surface area (TPSA) is 64.1 Å². The number of benzene rings is 2.